The summed E-state index contributed by atoms with van der Waals surface area (Å²) in [5.74, 6) is 1.01. The molecule has 0 aliphatic heterocycles. The Hall–Kier alpha value is -1.36. The van der Waals surface area contributed by atoms with E-state index < -0.39 is 0 Å². The minimum atomic E-state index is 0.645. The number of rotatable bonds is 5. The van der Waals surface area contributed by atoms with Crippen molar-refractivity contribution in [3.8, 4) is 0 Å². The predicted octanol–water partition coefficient (Wildman–Crippen LogP) is 3.42. The largest absolute Gasteiger partial charge is 0.355 e. The maximum atomic E-state index is 4.48. The van der Waals surface area contributed by atoms with E-state index >= 15 is 0 Å². The van der Waals surface area contributed by atoms with Crippen molar-refractivity contribution in [1.82, 2.24) is 14.5 Å². The summed E-state index contributed by atoms with van der Waals surface area (Å²) in [5.41, 5.74) is 1.12. The Kier molecular flexibility index (Phi) is 3.82. The van der Waals surface area contributed by atoms with E-state index in [0.29, 0.717) is 6.04 Å². The number of imidazole rings is 1. The number of thiazole rings is 1. The lowest BCUT2D eigenvalue weighted by Gasteiger charge is -2.15. The van der Waals surface area contributed by atoms with Gasteiger partial charge in [0.05, 0.1) is 5.01 Å². The monoisotopic (exact) mass is 276 g/mol. The van der Waals surface area contributed by atoms with Crippen molar-refractivity contribution in [3.63, 3.8) is 0 Å². The van der Waals surface area contributed by atoms with Crippen LogP contribution < -0.4 is 5.32 Å². The first-order valence-corrected chi connectivity index (χ1v) is 7.88. The number of hydrogen-bond acceptors (Lipinski definition) is 4. The molecule has 0 bridgehead atoms. The molecule has 4 nitrogen and oxygen atoms in total. The molecule has 0 aromatic carbocycles. The quantitative estimate of drug-likeness (QED) is 0.910. The highest BCUT2D eigenvalue weighted by Gasteiger charge is 2.18. The van der Waals surface area contributed by atoms with E-state index in [1.807, 2.05) is 13.1 Å². The number of anilines is 1. The van der Waals surface area contributed by atoms with Gasteiger partial charge in [-0.2, -0.15) is 0 Å². The molecule has 1 saturated carbocycles. The fourth-order valence-corrected chi connectivity index (χ4v) is 3.50. The SMILES string of the molecule is Cc1csc(CCNc2nccn2C2CCCC2)n1. The van der Waals surface area contributed by atoms with E-state index in [9.17, 15) is 0 Å². The number of hydrogen-bond donors (Lipinski definition) is 1. The van der Waals surface area contributed by atoms with Crippen molar-refractivity contribution < 1.29 is 0 Å². The number of nitrogens with one attached hydrogen (secondary N) is 1. The van der Waals surface area contributed by atoms with Gasteiger partial charge in [0.15, 0.2) is 0 Å². The van der Waals surface area contributed by atoms with Gasteiger partial charge in [-0.05, 0) is 19.8 Å². The molecule has 1 fully saturated rings. The zero-order valence-electron chi connectivity index (χ0n) is 11.3. The molecule has 0 unspecified atom stereocenters. The van der Waals surface area contributed by atoms with E-state index in [4.69, 9.17) is 0 Å². The Morgan fingerprint density at radius 1 is 1.42 bits per heavy atom. The van der Waals surface area contributed by atoms with Gasteiger partial charge in [0.2, 0.25) is 5.95 Å². The van der Waals surface area contributed by atoms with Gasteiger partial charge in [0.1, 0.15) is 0 Å². The van der Waals surface area contributed by atoms with Crippen molar-refractivity contribution >= 4 is 17.3 Å². The molecular formula is C14H20N4S. The summed E-state index contributed by atoms with van der Waals surface area (Å²) in [5, 5.41) is 6.75. The third-order valence-corrected chi connectivity index (χ3v) is 4.70. The van der Waals surface area contributed by atoms with Gasteiger partial charge in [-0.15, -0.1) is 11.3 Å². The summed E-state index contributed by atoms with van der Waals surface area (Å²) < 4.78 is 2.31. The van der Waals surface area contributed by atoms with Gasteiger partial charge in [0, 0.05) is 42.5 Å². The normalized spacial score (nSPS) is 16.1. The molecule has 5 heteroatoms. The van der Waals surface area contributed by atoms with E-state index in [1.54, 1.807) is 11.3 Å². The van der Waals surface area contributed by atoms with E-state index in [-0.39, 0.29) is 0 Å². The molecular weight excluding hydrogens is 256 g/mol. The van der Waals surface area contributed by atoms with Crippen LogP contribution in [-0.2, 0) is 6.42 Å². The molecule has 0 atom stereocenters. The van der Waals surface area contributed by atoms with Crippen LogP contribution in [0, 0.1) is 6.92 Å². The molecule has 2 heterocycles. The smallest absolute Gasteiger partial charge is 0.203 e. The van der Waals surface area contributed by atoms with Crippen LogP contribution in [0.4, 0.5) is 5.95 Å². The van der Waals surface area contributed by atoms with Crippen LogP contribution in [0.5, 0.6) is 0 Å². The molecule has 0 radical (unpaired) electrons. The summed E-state index contributed by atoms with van der Waals surface area (Å²) in [6, 6.07) is 0.645. The van der Waals surface area contributed by atoms with Crippen molar-refractivity contribution in [2.45, 2.75) is 45.1 Å². The third-order valence-electron chi connectivity index (χ3n) is 3.68. The molecule has 1 N–H and O–H groups in total. The van der Waals surface area contributed by atoms with Crippen LogP contribution in [0.15, 0.2) is 17.8 Å². The topological polar surface area (TPSA) is 42.7 Å². The number of aromatic nitrogens is 3. The van der Waals surface area contributed by atoms with Crippen molar-refractivity contribution in [3.05, 3.63) is 28.5 Å². The molecule has 0 spiro atoms. The van der Waals surface area contributed by atoms with Crippen LogP contribution in [0.2, 0.25) is 0 Å². The molecule has 1 aliphatic rings. The average Bonchev–Trinajstić information content (AvgIpc) is 3.09. The second kappa shape index (κ2) is 5.74. The number of aryl methyl sites for hydroxylation is 1. The minimum absolute atomic E-state index is 0.645. The molecule has 1 aliphatic carbocycles. The predicted molar refractivity (Wildman–Crippen MR) is 78.8 cm³/mol. The lowest BCUT2D eigenvalue weighted by atomic mass is 10.2. The van der Waals surface area contributed by atoms with Crippen molar-refractivity contribution in [2.24, 2.45) is 0 Å². The third kappa shape index (κ3) is 2.97. The van der Waals surface area contributed by atoms with E-state index in [1.165, 1.54) is 30.7 Å². The summed E-state index contributed by atoms with van der Waals surface area (Å²) in [6.07, 6.45) is 10.2. The van der Waals surface area contributed by atoms with Gasteiger partial charge in [-0.3, -0.25) is 0 Å². The second-order valence-corrected chi connectivity index (χ2v) is 6.10. The molecule has 2 aromatic heterocycles. The Morgan fingerprint density at radius 2 is 2.26 bits per heavy atom. The molecule has 0 saturated heterocycles. The first-order chi connectivity index (χ1) is 9.33. The summed E-state index contributed by atoms with van der Waals surface area (Å²) >= 11 is 1.74. The van der Waals surface area contributed by atoms with Crippen molar-refractivity contribution in [2.75, 3.05) is 11.9 Å². The lowest BCUT2D eigenvalue weighted by Crippen LogP contribution is -2.13. The Labute approximate surface area is 117 Å². The lowest BCUT2D eigenvalue weighted by molar-refractivity contribution is 0.523. The van der Waals surface area contributed by atoms with Gasteiger partial charge in [-0.25, -0.2) is 9.97 Å². The fraction of sp³-hybridized carbons (Fsp3) is 0.571. The van der Waals surface area contributed by atoms with Crippen LogP contribution in [0.1, 0.15) is 42.4 Å². The Bertz CT molecular complexity index is 525. The first-order valence-electron chi connectivity index (χ1n) is 7.00. The van der Waals surface area contributed by atoms with Crippen LogP contribution in [0.3, 0.4) is 0 Å². The molecule has 3 rings (SSSR count). The maximum Gasteiger partial charge on any atom is 0.203 e. The van der Waals surface area contributed by atoms with Crippen molar-refractivity contribution in [1.29, 1.82) is 0 Å². The Balaban J connectivity index is 1.56. The zero-order valence-corrected chi connectivity index (χ0v) is 12.1. The second-order valence-electron chi connectivity index (χ2n) is 5.16. The van der Waals surface area contributed by atoms with Gasteiger partial charge in [0.25, 0.3) is 0 Å². The van der Waals surface area contributed by atoms with Gasteiger partial charge < -0.3 is 9.88 Å². The maximum absolute atomic E-state index is 4.48. The minimum Gasteiger partial charge on any atom is -0.355 e. The zero-order chi connectivity index (χ0) is 13.1. The average molecular weight is 276 g/mol. The fourth-order valence-electron chi connectivity index (χ4n) is 2.73. The highest BCUT2D eigenvalue weighted by Crippen LogP contribution is 2.31. The molecule has 2 aromatic rings. The number of nitrogens with zero attached hydrogens (tertiary/aromatic N) is 3. The Morgan fingerprint density at radius 3 is 3.00 bits per heavy atom. The summed E-state index contributed by atoms with van der Waals surface area (Å²) in [6.45, 7) is 2.94. The molecule has 0 amide bonds. The summed E-state index contributed by atoms with van der Waals surface area (Å²) in [7, 11) is 0. The van der Waals surface area contributed by atoms with E-state index in [2.05, 4.69) is 31.4 Å². The van der Waals surface area contributed by atoms with Gasteiger partial charge in [-0.1, -0.05) is 12.8 Å². The molecule has 19 heavy (non-hydrogen) atoms. The highest BCUT2D eigenvalue weighted by molar-refractivity contribution is 7.09. The summed E-state index contributed by atoms with van der Waals surface area (Å²) in [4.78, 5) is 8.91. The van der Waals surface area contributed by atoms with Crippen LogP contribution >= 0.6 is 11.3 Å². The van der Waals surface area contributed by atoms with Crippen LogP contribution in [-0.4, -0.2) is 21.1 Å². The first kappa shape index (κ1) is 12.7. The highest BCUT2D eigenvalue weighted by atomic mass is 32.1. The van der Waals surface area contributed by atoms with E-state index in [0.717, 1.165) is 24.6 Å². The molecule has 102 valence electrons. The van der Waals surface area contributed by atoms with Crippen LogP contribution in [0.25, 0.3) is 0 Å². The van der Waals surface area contributed by atoms with Gasteiger partial charge >= 0.3 is 0 Å². The standard InChI is InChI=1S/C14H20N4S/c1-11-10-19-13(17-11)6-7-15-14-16-8-9-18(14)12-4-2-3-5-12/h8-10,12H,2-7H2,1H3,(H,15,16).